The van der Waals surface area contributed by atoms with Gasteiger partial charge < -0.3 is 9.47 Å². The van der Waals surface area contributed by atoms with Gasteiger partial charge in [0, 0.05) is 48.0 Å². The summed E-state index contributed by atoms with van der Waals surface area (Å²) in [6.45, 7) is 4.03. The number of rotatable bonds is 5. The SMILES string of the molecule is Cc1cc(/C=N\NC(=O)c2cccc(F)c2)c(C)n1-c1ccc(N(C)C)cc1. The lowest BCUT2D eigenvalue weighted by Crippen LogP contribution is -2.17. The fourth-order valence-corrected chi connectivity index (χ4v) is 3.07. The molecule has 0 aliphatic carbocycles. The summed E-state index contributed by atoms with van der Waals surface area (Å²) in [6.07, 6.45) is 1.60. The summed E-state index contributed by atoms with van der Waals surface area (Å²) in [5.74, 6) is -0.913. The molecule has 28 heavy (non-hydrogen) atoms. The lowest BCUT2D eigenvalue weighted by atomic mass is 10.2. The van der Waals surface area contributed by atoms with E-state index >= 15 is 0 Å². The molecule has 1 heterocycles. The third-order valence-electron chi connectivity index (χ3n) is 4.55. The first kappa shape index (κ1) is 19.4. The van der Waals surface area contributed by atoms with Gasteiger partial charge in [0.25, 0.3) is 5.91 Å². The Hall–Kier alpha value is -3.41. The topological polar surface area (TPSA) is 49.6 Å². The monoisotopic (exact) mass is 378 g/mol. The summed E-state index contributed by atoms with van der Waals surface area (Å²) in [5, 5.41) is 4.03. The van der Waals surface area contributed by atoms with Crippen molar-refractivity contribution in [3.05, 3.63) is 82.9 Å². The summed E-state index contributed by atoms with van der Waals surface area (Å²) in [6, 6.07) is 15.8. The predicted octanol–water partition coefficient (Wildman–Crippen LogP) is 4.06. The van der Waals surface area contributed by atoms with Gasteiger partial charge in [0.2, 0.25) is 0 Å². The summed E-state index contributed by atoms with van der Waals surface area (Å²) >= 11 is 0. The second kappa shape index (κ2) is 8.08. The van der Waals surface area contributed by atoms with E-state index in [1.54, 1.807) is 6.21 Å². The van der Waals surface area contributed by atoms with E-state index in [9.17, 15) is 9.18 Å². The number of hydrogen-bond donors (Lipinski definition) is 1. The van der Waals surface area contributed by atoms with Gasteiger partial charge in [-0.1, -0.05) is 6.07 Å². The number of hydrogen-bond acceptors (Lipinski definition) is 3. The van der Waals surface area contributed by atoms with Crippen molar-refractivity contribution >= 4 is 17.8 Å². The number of nitrogens with one attached hydrogen (secondary N) is 1. The van der Waals surface area contributed by atoms with Gasteiger partial charge in [-0.3, -0.25) is 4.79 Å². The molecule has 0 spiro atoms. The molecule has 144 valence electrons. The van der Waals surface area contributed by atoms with Crippen molar-refractivity contribution in [2.24, 2.45) is 5.10 Å². The van der Waals surface area contributed by atoms with Crippen LogP contribution in [0.25, 0.3) is 5.69 Å². The lowest BCUT2D eigenvalue weighted by Gasteiger charge is -2.14. The normalized spacial score (nSPS) is 11.0. The van der Waals surface area contributed by atoms with Gasteiger partial charge in [-0.25, -0.2) is 9.82 Å². The fraction of sp³-hybridized carbons (Fsp3) is 0.182. The number of halogens is 1. The van der Waals surface area contributed by atoms with E-state index in [0.717, 1.165) is 28.3 Å². The molecule has 0 saturated carbocycles. The van der Waals surface area contributed by atoms with Crippen LogP contribution in [0.15, 0.2) is 59.7 Å². The van der Waals surface area contributed by atoms with E-state index in [1.807, 2.05) is 34.0 Å². The van der Waals surface area contributed by atoms with Gasteiger partial charge in [-0.05, 0) is 62.4 Å². The van der Waals surface area contributed by atoms with Crippen LogP contribution in [0.4, 0.5) is 10.1 Å². The Kier molecular flexibility index (Phi) is 5.59. The van der Waals surface area contributed by atoms with E-state index in [-0.39, 0.29) is 5.56 Å². The summed E-state index contributed by atoms with van der Waals surface area (Å²) < 4.78 is 15.4. The first-order chi connectivity index (χ1) is 13.4. The molecule has 3 aromatic rings. The lowest BCUT2D eigenvalue weighted by molar-refractivity contribution is 0.0954. The molecule has 0 fully saturated rings. The van der Waals surface area contributed by atoms with Crippen molar-refractivity contribution in [2.75, 3.05) is 19.0 Å². The van der Waals surface area contributed by atoms with Gasteiger partial charge in [0.15, 0.2) is 0 Å². The largest absolute Gasteiger partial charge is 0.378 e. The Balaban J connectivity index is 1.78. The number of nitrogens with zero attached hydrogens (tertiary/aromatic N) is 3. The smallest absolute Gasteiger partial charge is 0.271 e. The Labute approximate surface area is 164 Å². The molecule has 0 radical (unpaired) electrons. The highest BCUT2D eigenvalue weighted by atomic mass is 19.1. The highest BCUT2D eigenvalue weighted by molar-refractivity contribution is 5.95. The van der Waals surface area contributed by atoms with Crippen LogP contribution in [0.2, 0.25) is 0 Å². The molecule has 0 atom stereocenters. The number of aromatic nitrogens is 1. The molecule has 3 rings (SSSR count). The minimum Gasteiger partial charge on any atom is -0.378 e. The molecular weight excluding hydrogens is 355 g/mol. The number of hydrazone groups is 1. The van der Waals surface area contributed by atoms with Crippen LogP contribution in [-0.4, -0.2) is 30.8 Å². The zero-order valence-electron chi connectivity index (χ0n) is 16.4. The highest BCUT2D eigenvalue weighted by Gasteiger charge is 2.10. The number of benzene rings is 2. The van der Waals surface area contributed by atoms with Crippen LogP contribution in [0.1, 0.15) is 27.3 Å². The Morgan fingerprint density at radius 2 is 1.82 bits per heavy atom. The van der Waals surface area contributed by atoms with Crippen molar-refractivity contribution in [1.82, 2.24) is 9.99 Å². The Morgan fingerprint density at radius 1 is 1.11 bits per heavy atom. The molecule has 0 aliphatic rings. The zero-order valence-corrected chi connectivity index (χ0v) is 16.4. The molecule has 1 aromatic heterocycles. The molecule has 1 N–H and O–H groups in total. The zero-order chi connectivity index (χ0) is 20.3. The van der Waals surface area contributed by atoms with Crippen molar-refractivity contribution in [1.29, 1.82) is 0 Å². The highest BCUT2D eigenvalue weighted by Crippen LogP contribution is 2.22. The molecule has 5 nitrogen and oxygen atoms in total. The van der Waals surface area contributed by atoms with Gasteiger partial charge in [0.05, 0.1) is 6.21 Å². The van der Waals surface area contributed by atoms with E-state index in [1.165, 1.54) is 24.3 Å². The van der Waals surface area contributed by atoms with Crippen molar-refractivity contribution in [3.8, 4) is 5.69 Å². The average molecular weight is 378 g/mol. The Bertz CT molecular complexity index is 1020. The second-order valence-corrected chi connectivity index (χ2v) is 6.78. The van der Waals surface area contributed by atoms with E-state index in [2.05, 4.69) is 44.3 Å². The van der Waals surface area contributed by atoms with Gasteiger partial charge in [-0.2, -0.15) is 5.10 Å². The van der Waals surface area contributed by atoms with Crippen LogP contribution >= 0.6 is 0 Å². The third-order valence-corrected chi connectivity index (χ3v) is 4.55. The van der Waals surface area contributed by atoms with Crippen LogP contribution < -0.4 is 10.3 Å². The minimum absolute atomic E-state index is 0.226. The summed E-state index contributed by atoms with van der Waals surface area (Å²) in [7, 11) is 4.02. The standard InChI is InChI=1S/C22H23FN4O/c1-15-12-18(14-24-25-22(28)17-6-5-7-19(23)13-17)16(2)27(15)21-10-8-20(9-11-21)26(3)4/h5-14H,1-4H3,(H,25,28)/b24-14-. The van der Waals surface area contributed by atoms with Crippen molar-refractivity contribution in [3.63, 3.8) is 0 Å². The number of carbonyl (C=O) groups excluding carboxylic acids is 1. The second-order valence-electron chi connectivity index (χ2n) is 6.78. The molecule has 0 unspecified atom stereocenters. The number of amides is 1. The number of anilines is 1. The van der Waals surface area contributed by atoms with Crippen LogP contribution in [0.5, 0.6) is 0 Å². The molecule has 0 saturated heterocycles. The maximum atomic E-state index is 13.2. The predicted molar refractivity (Wildman–Crippen MR) is 111 cm³/mol. The molecule has 2 aromatic carbocycles. The summed E-state index contributed by atoms with van der Waals surface area (Å²) in [4.78, 5) is 14.1. The van der Waals surface area contributed by atoms with E-state index in [4.69, 9.17) is 0 Å². The maximum absolute atomic E-state index is 13.2. The molecule has 1 amide bonds. The minimum atomic E-state index is -0.458. The van der Waals surface area contributed by atoms with Crippen LogP contribution in [-0.2, 0) is 0 Å². The molecule has 0 bridgehead atoms. The van der Waals surface area contributed by atoms with Crippen molar-refractivity contribution < 1.29 is 9.18 Å². The van der Waals surface area contributed by atoms with Gasteiger partial charge in [0.1, 0.15) is 5.82 Å². The maximum Gasteiger partial charge on any atom is 0.271 e. The third kappa shape index (κ3) is 4.11. The fourth-order valence-electron chi connectivity index (χ4n) is 3.07. The van der Waals surface area contributed by atoms with E-state index in [0.29, 0.717) is 0 Å². The van der Waals surface area contributed by atoms with Crippen LogP contribution in [0.3, 0.4) is 0 Å². The van der Waals surface area contributed by atoms with Gasteiger partial charge in [-0.15, -0.1) is 0 Å². The molecule has 0 aliphatic heterocycles. The van der Waals surface area contributed by atoms with Crippen LogP contribution in [0, 0.1) is 19.7 Å². The molecular formula is C22H23FN4O. The number of aryl methyl sites for hydroxylation is 1. The number of carbonyl (C=O) groups is 1. The first-order valence-electron chi connectivity index (χ1n) is 8.92. The summed E-state index contributed by atoms with van der Waals surface area (Å²) in [5.41, 5.74) is 7.83. The average Bonchev–Trinajstić information content (AvgIpc) is 2.95. The quantitative estimate of drug-likeness (QED) is 0.538. The van der Waals surface area contributed by atoms with Gasteiger partial charge >= 0.3 is 0 Å². The first-order valence-corrected chi connectivity index (χ1v) is 8.92. The molecule has 6 heteroatoms. The van der Waals surface area contributed by atoms with Crippen molar-refractivity contribution in [2.45, 2.75) is 13.8 Å². The van der Waals surface area contributed by atoms with E-state index < -0.39 is 11.7 Å². The Morgan fingerprint density at radius 3 is 2.46 bits per heavy atom.